The number of nitrogens with one attached hydrogen (secondary N) is 1. The minimum absolute atomic E-state index is 0.177. The molecule has 0 spiro atoms. The van der Waals surface area contributed by atoms with Crippen molar-refractivity contribution in [2.75, 3.05) is 47.9 Å². The number of morpholine rings is 1. The van der Waals surface area contributed by atoms with Crippen molar-refractivity contribution in [3.63, 3.8) is 0 Å². The fraction of sp³-hybridized carbons (Fsp3) is 0.250. The van der Waals surface area contributed by atoms with Crippen LogP contribution < -0.4 is 15.4 Å². The fourth-order valence-corrected chi connectivity index (χ4v) is 4.93. The topological polar surface area (TPSA) is 149 Å². The Hall–Kier alpha value is -3.42. The second-order valence-corrected chi connectivity index (χ2v) is 10.2. The maximum atomic E-state index is 11.6. The van der Waals surface area contributed by atoms with Crippen molar-refractivity contribution in [2.45, 2.75) is 0 Å². The molecular formula is C20H20N8O3S2. The molecule has 4 aromatic rings. The Morgan fingerprint density at radius 3 is 2.58 bits per heavy atom. The van der Waals surface area contributed by atoms with Gasteiger partial charge in [0.1, 0.15) is 15.4 Å². The molecule has 1 aliphatic heterocycles. The lowest BCUT2D eigenvalue weighted by molar-refractivity contribution is 0.122. The van der Waals surface area contributed by atoms with E-state index in [1.54, 1.807) is 30.6 Å². The zero-order chi connectivity index (χ0) is 23.0. The number of thiazole rings is 1. The summed E-state index contributed by atoms with van der Waals surface area (Å²) in [7, 11) is -3.39. The highest BCUT2D eigenvalue weighted by molar-refractivity contribution is 7.92. The number of sulfonamides is 1. The molecule has 1 aromatic carbocycles. The van der Waals surface area contributed by atoms with E-state index in [4.69, 9.17) is 25.4 Å². The summed E-state index contributed by atoms with van der Waals surface area (Å²) in [5.41, 5.74) is 8.19. The molecular weight excluding hydrogens is 464 g/mol. The Morgan fingerprint density at radius 1 is 1.09 bits per heavy atom. The number of hydrogen-bond donors (Lipinski definition) is 2. The van der Waals surface area contributed by atoms with Crippen LogP contribution in [0.15, 0.2) is 36.7 Å². The highest BCUT2D eigenvalue weighted by Gasteiger charge is 2.22. The average molecular weight is 485 g/mol. The van der Waals surface area contributed by atoms with E-state index in [0.717, 1.165) is 11.8 Å². The van der Waals surface area contributed by atoms with Gasteiger partial charge in [-0.15, -0.1) is 0 Å². The van der Waals surface area contributed by atoms with Crippen molar-refractivity contribution in [1.82, 2.24) is 24.9 Å². The first kappa shape index (κ1) is 21.4. The molecule has 0 atom stereocenters. The van der Waals surface area contributed by atoms with Gasteiger partial charge in [0, 0.05) is 36.7 Å². The van der Waals surface area contributed by atoms with E-state index in [1.165, 1.54) is 11.3 Å². The maximum Gasteiger partial charge on any atom is 0.229 e. The van der Waals surface area contributed by atoms with E-state index in [9.17, 15) is 8.42 Å². The summed E-state index contributed by atoms with van der Waals surface area (Å²) >= 11 is 1.40. The lowest BCUT2D eigenvalue weighted by Gasteiger charge is -2.28. The van der Waals surface area contributed by atoms with Gasteiger partial charge in [-0.3, -0.25) is 4.72 Å². The molecule has 11 nitrogen and oxygen atoms in total. The molecule has 3 N–H and O–H groups in total. The van der Waals surface area contributed by atoms with Gasteiger partial charge in [0.15, 0.2) is 11.6 Å². The molecule has 0 saturated carbocycles. The van der Waals surface area contributed by atoms with Crippen LogP contribution in [0.25, 0.3) is 32.3 Å². The van der Waals surface area contributed by atoms with E-state index in [1.807, 2.05) is 6.07 Å². The molecule has 1 saturated heterocycles. The predicted octanol–water partition coefficient (Wildman–Crippen LogP) is 2.00. The van der Waals surface area contributed by atoms with Crippen LogP contribution in [0.2, 0.25) is 0 Å². The Bertz CT molecular complexity index is 1420. The third-order valence-corrected chi connectivity index (χ3v) is 6.50. The third-order valence-electron chi connectivity index (χ3n) is 4.89. The summed E-state index contributed by atoms with van der Waals surface area (Å²) in [6, 6.07) is 7.09. The van der Waals surface area contributed by atoms with E-state index in [-0.39, 0.29) is 5.95 Å². The zero-order valence-corrected chi connectivity index (χ0v) is 19.2. The summed E-state index contributed by atoms with van der Waals surface area (Å²) in [6.45, 7) is 2.57. The molecule has 4 heterocycles. The predicted molar refractivity (Wildman–Crippen MR) is 128 cm³/mol. The molecule has 1 fully saturated rings. The maximum absolute atomic E-state index is 11.6. The van der Waals surface area contributed by atoms with Gasteiger partial charge in [-0.2, -0.15) is 0 Å². The van der Waals surface area contributed by atoms with E-state index in [2.05, 4.69) is 19.6 Å². The van der Waals surface area contributed by atoms with Crippen LogP contribution in [0.3, 0.4) is 0 Å². The Morgan fingerprint density at radius 2 is 1.85 bits per heavy atom. The van der Waals surface area contributed by atoms with Gasteiger partial charge in [0.05, 0.1) is 25.0 Å². The monoisotopic (exact) mass is 484 g/mol. The minimum Gasteiger partial charge on any atom is -0.378 e. The smallest absolute Gasteiger partial charge is 0.229 e. The van der Waals surface area contributed by atoms with Gasteiger partial charge >= 0.3 is 0 Å². The lowest BCUT2D eigenvalue weighted by Crippen LogP contribution is -2.37. The molecule has 170 valence electrons. The molecule has 1 aliphatic rings. The third kappa shape index (κ3) is 4.69. The van der Waals surface area contributed by atoms with E-state index < -0.39 is 10.0 Å². The summed E-state index contributed by atoms with van der Waals surface area (Å²) in [4.78, 5) is 25.3. The molecule has 5 rings (SSSR count). The second kappa shape index (κ2) is 8.50. The number of hydrogen-bond acceptors (Lipinski definition) is 11. The number of rotatable bonds is 5. The second-order valence-electron chi connectivity index (χ2n) is 7.43. The van der Waals surface area contributed by atoms with E-state index in [0.29, 0.717) is 64.6 Å². The number of anilines is 3. The van der Waals surface area contributed by atoms with Crippen molar-refractivity contribution in [3.05, 3.63) is 36.7 Å². The first-order chi connectivity index (χ1) is 15.9. The summed E-state index contributed by atoms with van der Waals surface area (Å²) < 4.78 is 31.2. The van der Waals surface area contributed by atoms with Crippen LogP contribution in [-0.4, -0.2) is 65.9 Å². The highest BCUT2D eigenvalue weighted by atomic mass is 32.2. The summed E-state index contributed by atoms with van der Waals surface area (Å²) in [5.74, 6) is 1.37. The van der Waals surface area contributed by atoms with Crippen molar-refractivity contribution in [1.29, 1.82) is 0 Å². The number of nitrogen functional groups attached to an aromatic ring is 1. The number of ether oxygens (including phenoxy) is 1. The quantitative estimate of drug-likeness (QED) is 0.431. The van der Waals surface area contributed by atoms with Crippen LogP contribution in [0.1, 0.15) is 0 Å². The van der Waals surface area contributed by atoms with Crippen LogP contribution >= 0.6 is 11.3 Å². The molecule has 0 aliphatic carbocycles. The first-order valence-corrected chi connectivity index (χ1v) is 12.7. The van der Waals surface area contributed by atoms with Gasteiger partial charge in [0.2, 0.25) is 16.0 Å². The Balaban J connectivity index is 1.63. The summed E-state index contributed by atoms with van der Waals surface area (Å²) in [6.07, 6.45) is 4.30. The number of nitrogens with two attached hydrogens (primary N) is 1. The van der Waals surface area contributed by atoms with Gasteiger partial charge in [0.25, 0.3) is 0 Å². The van der Waals surface area contributed by atoms with Crippen LogP contribution in [-0.2, 0) is 14.8 Å². The van der Waals surface area contributed by atoms with Crippen LogP contribution in [0.5, 0.6) is 0 Å². The molecule has 0 unspecified atom stereocenters. The lowest BCUT2D eigenvalue weighted by atomic mass is 10.2. The molecule has 0 radical (unpaired) electrons. The molecule has 0 bridgehead atoms. The largest absolute Gasteiger partial charge is 0.378 e. The zero-order valence-electron chi connectivity index (χ0n) is 17.6. The first-order valence-electron chi connectivity index (χ1n) is 10.0. The van der Waals surface area contributed by atoms with Crippen molar-refractivity contribution in [2.24, 2.45) is 0 Å². The van der Waals surface area contributed by atoms with E-state index >= 15 is 0 Å². The normalized spacial score (nSPS) is 14.5. The van der Waals surface area contributed by atoms with Gasteiger partial charge in [-0.05, 0) is 12.1 Å². The molecule has 33 heavy (non-hydrogen) atoms. The SMILES string of the molecule is CS(=O)(=O)Nc1cccc(-c2nc3c(N4CCOCC4)nc(-c4cnc(N)nc4)nc3s2)c1. The number of fused-ring (bicyclic) bond motifs is 1. The molecule has 0 amide bonds. The number of aromatic nitrogens is 5. The summed E-state index contributed by atoms with van der Waals surface area (Å²) in [5, 5.41) is 0.705. The van der Waals surface area contributed by atoms with Gasteiger partial charge in [-0.25, -0.2) is 33.3 Å². The van der Waals surface area contributed by atoms with Crippen LogP contribution in [0, 0.1) is 0 Å². The van der Waals surface area contributed by atoms with Crippen molar-refractivity contribution < 1.29 is 13.2 Å². The number of nitrogens with zero attached hydrogens (tertiary/aromatic N) is 6. The van der Waals surface area contributed by atoms with Gasteiger partial charge in [-0.1, -0.05) is 23.5 Å². The number of benzene rings is 1. The van der Waals surface area contributed by atoms with Crippen LogP contribution in [0.4, 0.5) is 17.5 Å². The standard InChI is InChI=1S/C20H20N8O3S2/c1-33(29,30)27-14-4-2-3-12(9-14)18-24-15-17(28-5-7-31-8-6-28)25-16(26-19(15)32-18)13-10-22-20(21)23-11-13/h2-4,9-11,27H,5-8H2,1H3,(H2,21,22,23). The minimum atomic E-state index is -3.39. The highest BCUT2D eigenvalue weighted by Crippen LogP contribution is 2.36. The molecule has 13 heteroatoms. The Labute approximate surface area is 193 Å². The van der Waals surface area contributed by atoms with Crippen molar-refractivity contribution in [3.8, 4) is 22.0 Å². The average Bonchev–Trinajstić information content (AvgIpc) is 3.23. The fourth-order valence-electron chi connectivity index (χ4n) is 3.44. The van der Waals surface area contributed by atoms with Crippen molar-refractivity contribution >= 4 is 49.2 Å². The van der Waals surface area contributed by atoms with Gasteiger partial charge < -0.3 is 15.4 Å². The Kier molecular flexibility index (Phi) is 5.52. The molecule has 3 aromatic heterocycles.